The first kappa shape index (κ1) is 14.8. The number of rotatable bonds is 5. The van der Waals surface area contributed by atoms with E-state index in [0.717, 1.165) is 5.56 Å². The van der Waals surface area contributed by atoms with Crippen molar-refractivity contribution in [3.05, 3.63) is 71.5 Å². The normalized spacial score (nSPS) is 10.5. The van der Waals surface area contributed by atoms with Crippen LogP contribution in [0.25, 0.3) is 5.69 Å². The van der Waals surface area contributed by atoms with E-state index in [4.69, 9.17) is 4.74 Å². The summed E-state index contributed by atoms with van der Waals surface area (Å²) in [4.78, 5) is 11.5. The zero-order valence-corrected chi connectivity index (χ0v) is 12.5. The second kappa shape index (κ2) is 6.31. The summed E-state index contributed by atoms with van der Waals surface area (Å²) in [6.45, 7) is 0. The summed E-state index contributed by atoms with van der Waals surface area (Å²) in [5.41, 5.74) is 2.09. The van der Waals surface area contributed by atoms with Gasteiger partial charge < -0.3 is 9.84 Å². The van der Waals surface area contributed by atoms with E-state index >= 15 is 0 Å². The summed E-state index contributed by atoms with van der Waals surface area (Å²) in [6.07, 6.45) is 0.410. The molecular weight excluding hydrogens is 294 g/mol. The fourth-order valence-electron chi connectivity index (χ4n) is 2.41. The zero-order valence-electron chi connectivity index (χ0n) is 12.5. The molecule has 0 amide bonds. The summed E-state index contributed by atoms with van der Waals surface area (Å²) < 4.78 is 6.86. The van der Waals surface area contributed by atoms with E-state index in [9.17, 15) is 9.90 Å². The Hall–Kier alpha value is -3.15. The standard InChI is InChI=1S/C17H15N3O3/c1-23-15-10-6-5-9-13(15)20-14(16(17(21)22)18-19-20)11-12-7-3-2-4-8-12/h2-10H,11H2,1H3,(H,21,22). The van der Waals surface area contributed by atoms with Crippen molar-refractivity contribution >= 4 is 5.97 Å². The van der Waals surface area contributed by atoms with Gasteiger partial charge in [-0.3, -0.25) is 0 Å². The fourth-order valence-corrected chi connectivity index (χ4v) is 2.41. The molecule has 0 aliphatic rings. The van der Waals surface area contributed by atoms with Crippen molar-refractivity contribution in [1.29, 1.82) is 0 Å². The summed E-state index contributed by atoms with van der Waals surface area (Å²) in [5, 5.41) is 17.2. The summed E-state index contributed by atoms with van der Waals surface area (Å²) >= 11 is 0. The molecule has 0 spiro atoms. The minimum atomic E-state index is -1.10. The lowest BCUT2D eigenvalue weighted by molar-refractivity contribution is 0.0689. The van der Waals surface area contributed by atoms with Gasteiger partial charge >= 0.3 is 5.97 Å². The van der Waals surface area contributed by atoms with Gasteiger partial charge in [-0.05, 0) is 17.7 Å². The maximum absolute atomic E-state index is 11.5. The molecule has 0 saturated carbocycles. The average Bonchev–Trinajstić information content (AvgIpc) is 2.99. The van der Waals surface area contributed by atoms with Crippen molar-refractivity contribution in [2.75, 3.05) is 7.11 Å². The van der Waals surface area contributed by atoms with Gasteiger partial charge in [0.15, 0.2) is 5.69 Å². The Bertz CT molecular complexity index is 828. The van der Waals surface area contributed by atoms with Crippen LogP contribution >= 0.6 is 0 Å². The SMILES string of the molecule is COc1ccccc1-n1nnc(C(=O)O)c1Cc1ccccc1. The Morgan fingerprint density at radius 2 is 1.83 bits per heavy atom. The number of benzene rings is 2. The number of carbonyl (C=O) groups is 1. The monoisotopic (exact) mass is 309 g/mol. The molecule has 3 aromatic rings. The van der Waals surface area contributed by atoms with Crippen LogP contribution in [0.1, 0.15) is 21.7 Å². The van der Waals surface area contributed by atoms with Crippen molar-refractivity contribution in [2.45, 2.75) is 6.42 Å². The minimum Gasteiger partial charge on any atom is -0.494 e. The number of methoxy groups -OCH3 is 1. The van der Waals surface area contributed by atoms with E-state index in [-0.39, 0.29) is 5.69 Å². The van der Waals surface area contributed by atoms with E-state index < -0.39 is 5.97 Å². The first-order valence-corrected chi connectivity index (χ1v) is 7.06. The van der Waals surface area contributed by atoms with Crippen LogP contribution in [0.4, 0.5) is 0 Å². The summed E-state index contributed by atoms with van der Waals surface area (Å²) in [6, 6.07) is 16.9. The van der Waals surface area contributed by atoms with Gasteiger partial charge in [-0.1, -0.05) is 47.7 Å². The quantitative estimate of drug-likeness (QED) is 0.784. The number of nitrogens with zero attached hydrogens (tertiary/aromatic N) is 3. The number of ether oxygens (including phenoxy) is 1. The minimum absolute atomic E-state index is 0.0558. The summed E-state index contributed by atoms with van der Waals surface area (Å²) in [5.74, 6) is -0.499. The lowest BCUT2D eigenvalue weighted by Gasteiger charge is -2.11. The van der Waals surface area contributed by atoms with Gasteiger partial charge in [0.1, 0.15) is 11.4 Å². The smallest absolute Gasteiger partial charge is 0.358 e. The van der Waals surface area contributed by atoms with Crippen molar-refractivity contribution in [3.8, 4) is 11.4 Å². The number of carboxylic acids is 1. The molecule has 0 aliphatic carbocycles. The molecule has 23 heavy (non-hydrogen) atoms. The third-order valence-electron chi connectivity index (χ3n) is 3.49. The maximum atomic E-state index is 11.5. The van der Waals surface area contributed by atoms with Crippen molar-refractivity contribution in [2.24, 2.45) is 0 Å². The first-order chi connectivity index (χ1) is 11.2. The first-order valence-electron chi connectivity index (χ1n) is 7.06. The van der Waals surface area contributed by atoms with Crippen LogP contribution in [-0.4, -0.2) is 33.2 Å². The number of aromatic carboxylic acids is 1. The molecule has 6 nitrogen and oxygen atoms in total. The predicted molar refractivity (Wildman–Crippen MR) is 84.1 cm³/mol. The van der Waals surface area contributed by atoms with E-state index in [1.807, 2.05) is 48.5 Å². The second-order valence-corrected chi connectivity index (χ2v) is 4.94. The van der Waals surface area contributed by atoms with Crippen LogP contribution in [0.5, 0.6) is 5.75 Å². The molecule has 0 unspecified atom stereocenters. The highest BCUT2D eigenvalue weighted by molar-refractivity contribution is 5.86. The Morgan fingerprint density at radius 3 is 2.52 bits per heavy atom. The Kier molecular flexibility index (Phi) is 4.05. The third-order valence-corrected chi connectivity index (χ3v) is 3.49. The molecule has 6 heteroatoms. The largest absolute Gasteiger partial charge is 0.494 e. The molecule has 116 valence electrons. The molecule has 1 aromatic heterocycles. The van der Waals surface area contributed by atoms with Crippen LogP contribution in [0.2, 0.25) is 0 Å². The Balaban J connectivity index is 2.13. The Morgan fingerprint density at radius 1 is 1.13 bits per heavy atom. The van der Waals surface area contributed by atoms with Crippen LogP contribution in [-0.2, 0) is 6.42 Å². The van der Waals surface area contributed by atoms with Gasteiger partial charge in [0.2, 0.25) is 0 Å². The highest BCUT2D eigenvalue weighted by Crippen LogP contribution is 2.25. The number of aromatic nitrogens is 3. The van der Waals surface area contributed by atoms with Gasteiger partial charge in [0.25, 0.3) is 0 Å². The second-order valence-electron chi connectivity index (χ2n) is 4.94. The van der Waals surface area contributed by atoms with Gasteiger partial charge in [0, 0.05) is 6.42 Å². The lowest BCUT2D eigenvalue weighted by atomic mass is 10.1. The molecule has 0 radical (unpaired) electrons. The van der Waals surface area contributed by atoms with E-state index in [1.54, 1.807) is 13.2 Å². The van der Waals surface area contributed by atoms with Crippen LogP contribution in [0.15, 0.2) is 54.6 Å². The molecule has 3 rings (SSSR count). The van der Waals surface area contributed by atoms with Crippen molar-refractivity contribution in [3.63, 3.8) is 0 Å². The maximum Gasteiger partial charge on any atom is 0.358 e. The molecular formula is C17H15N3O3. The molecule has 0 bridgehead atoms. The van der Waals surface area contributed by atoms with Gasteiger partial charge in [0.05, 0.1) is 12.8 Å². The average molecular weight is 309 g/mol. The molecule has 1 heterocycles. The fraction of sp³-hybridized carbons (Fsp3) is 0.118. The number of hydrogen-bond acceptors (Lipinski definition) is 4. The molecule has 0 fully saturated rings. The van der Waals surface area contributed by atoms with Gasteiger partial charge in [-0.2, -0.15) is 0 Å². The Labute approximate surface area is 133 Å². The van der Waals surface area contributed by atoms with Crippen molar-refractivity contribution < 1.29 is 14.6 Å². The number of para-hydroxylation sites is 2. The third kappa shape index (κ3) is 2.91. The van der Waals surface area contributed by atoms with Crippen LogP contribution in [0.3, 0.4) is 0 Å². The van der Waals surface area contributed by atoms with Crippen molar-refractivity contribution in [1.82, 2.24) is 15.0 Å². The number of hydrogen-bond donors (Lipinski definition) is 1. The molecule has 0 aliphatic heterocycles. The highest BCUT2D eigenvalue weighted by Gasteiger charge is 2.21. The highest BCUT2D eigenvalue weighted by atomic mass is 16.5. The summed E-state index contributed by atoms with van der Waals surface area (Å²) in [7, 11) is 1.56. The number of carboxylic acid groups (broad SMARTS) is 1. The van der Waals surface area contributed by atoms with E-state index in [1.165, 1.54) is 4.68 Å². The zero-order chi connectivity index (χ0) is 16.2. The van der Waals surface area contributed by atoms with Gasteiger partial charge in [-0.15, -0.1) is 5.10 Å². The van der Waals surface area contributed by atoms with E-state index in [2.05, 4.69) is 10.3 Å². The van der Waals surface area contributed by atoms with E-state index in [0.29, 0.717) is 23.6 Å². The van der Waals surface area contributed by atoms with Crippen LogP contribution in [0, 0.1) is 0 Å². The van der Waals surface area contributed by atoms with Gasteiger partial charge in [-0.25, -0.2) is 9.48 Å². The lowest BCUT2D eigenvalue weighted by Crippen LogP contribution is -2.08. The molecule has 0 atom stereocenters. The van der Waals surface area contributed by atoms with Crippen LogP contribution < -0.4 is 4.74 Å². The molecule has 0 saturated heterocycles. The topological polar surface area (TPSA) is 77.2 Å². The molecule has 2 aromatic carbocycles. The predicted octanol–water partition coefficient (Wildman–Crippen LogP) is 2.56. The molecule has 1 N–H and O–H groups in total.